The van der Waals surface area contributed by atoms with Gasteiger partial charge in [-0.25, -0.2) is 9.59 Å². The minimum atomic E-state index is -0.934. The van der Waals surface area contributed by atoms with Crippen LogP contribution >= 0.6 is 0 Å². The molecule has 2 N–H and O–H groups in total. The molecule has 78 valence electrons. The van der Waals surface area contributed by atoms with E-state index in [0.717, 1.165) is 6.42 Å². The number of rotatable bonds is 3. The highest BCUT2D eigenvalue weighted by Crippen LogP contribution is 2.16. The maximum Gasteiger partial charge on any atom is 0.326 e. The molecule has 0 aromatic heterocycles. The molecule has 1 aliphatic rings. The van der Waals surface area contributed by atoms with Gasteiger partial charge in [0.15, 0.2) is 0 Å². The largest absolute Gasteiger partial charge is 0.480 e. The Morgan fingerprint density at radius 1 is 1.64 bits per heavy atom. The summed E-state index contributed by atoms with van der Waals surface area (Å²) >= 11 is 0. The molecule has 1 fully saturated rings. The van der Waals surface area contributed by atoms with Crippen molar-refractivity contribution in [1.29, 1.82) is 0 Å². The molecule has 0 spiro atoms. The number of carbonyl (C=O) groups is 2. The van der Waals surface area contributed by atoms with Crippen LogP contribution in [-0.2, 0) is 4.79 Å². The molecule has 14 heavy (non-hydrogen) atoms. The third-order valence-electron chi connectivity index (χ3n) is 2.20. The van der Waals surface area contributed by atoms with E-state index in [1.54, 1.807) is 6.08 Å². The molecule has 2 amide bonds. The molecule has 5 heteroatoms. The van der Waals surface area contributed by atoms with Gasteiger partial charge in [0, 0.05) is 13.1 Å². The second-order valence-corrected chi connectivity index (χ2v) is 3.16. The number of hydrogen-bond donors (Lipinski definition) is 2. The number of nitrogens with zero attached hydrogens (tertiary/aromatic N) is 1. The molecule has 1 atom stereocenters. The van der Waals surface area contributed by atoms with E-state index in [1.165, 1.54) is 4.90 Å². The van der Waals surface area contributed by atoms with E-state index in [4.69, 9.17) is 5.11 Å². The molecule has 0 aromatic carbocycles. The van der Waals surface area contributed by atoms with Crippen molar-refractivity contribution in [2.24, 2.45) is 0 Å². The monoisotopic (exact) mass is 198 g/mol. The van der Waals surface area contributed by atoms with E-state index in [-0.39, 0.29) is 6.03 Å². The predicted octanol–water partition coefficient (Wildman–Crippen LogP) is 0.431. The zero-order valence-corrected chi connectivity index (χ0v) is 7.90. The number of hydrogen-bond acceptors (Lipinski definition) is 2. The lowest BCUT2D eigenvalue weighted by atomic mass is 10.2. The summed E-state index contributed by atoms with van der Waals surface area (Å²) in [5.74, 6) is -0.934. The van der Waals surface area contributed by atoms with Crippen molar-refractivity contribution >= 4 is 12.0 Å². The van der Waals surface area contributed by atoms with Gasteiger partial charge in [-0.1, -0.05) is 6.08 Å². The second-order valence-electron chi connectivity index (χ2n) is 3.16. The van der Waals surface area contributed by atoms with Crippen LogP contribution in [0.4, 0.5) is 4.79 Å². The van der Waals surface area contributed by atoms with Gasteiger partial charge in [0.25, 0.3) is 0 Å². The lowest BCUT2D eigenvalue weighted by molar-refractivity contribution is -0.141. The van der Waals surface area contributed by atoms with Crippen LogP contribution in [-0.4, -0.2) is 41.1 Å². The normalized spacial score (nSPS) is 20.6. The summed E-state index contributed by atoms with van der Waals surface area (Å²) in [5.41, 5.74) is 0. The predicted molar refractivity (Wildman–Crippen MR) is 51.0 cm³/mol. The first-order valence-corrected chi connectivity index (χ1v) is 4.55. The van der Waals surface area contributed by atoms with Crippen LogP contribution in [0.25, 0.3) is 0 Å². The third kappa shape index (κ3) is 2.25. The van der Waals surface area contributed by atoms with Crippen LogP contribution in [0.15, 0.2) is 12.7 Å². The Bertz CT molecular complexity index is 252. The average molecular weight is 198 g/mol. The number of carboxylic acids is 1. The van der Waals surface area contributed by atoms with Gasteiger partial charge in [-0.15, -0.1) is 6.58 Å². The molecule has 0 aliphatic carbocycles. The van der Waals surface area contributed by atoms with E-state index in [9.17, 15) is 9.59 Å². The fraction of sp³-hybridized carbons (Fsp3) is 0.556. The number of aliphatic carboxylic acids is 1. The van der Waals surface area contributed by atoms with Gasteiger partial charge >= 0.3 is 12.0 Å². The fourth-order valence-corrected chi connectivity index (χ4v) is 1.53. The standard InChI is InChI=1S/C9H14N2O3/c1-2-5-10-9(14)11-6-3-4-7(11)8(12)13/h2,7H,1,3-6H2,(H,10,14)(H,12,13)/t7-/m1/s1. The molecule has 0 aromatic rings. The Labute approximate surface area is 82.4 Å². The van der Waals surface area contributed by atoms with Gasteiger partial charge in [-0.05, 0) is 12.8 Å². The molecule has 0 unspecified atom stereocenters. The van der Waals surface area contributed by atoms with E-state index in [0.29, 0.717) is 19.5 Å². The van der Waals surface area contributed by atoms with Crippen LogP contribution in [0.1, 0.15) is 12.8 Å². The number of carbonyl (C=O) groups excluding carboxylic acids is 1. The van der Waals surface area contributed by atoms with E-state index in [1.807, 2.05) is 0 Å². The van der Waals surface area contributed by atoms with Crippen molar-refractivity contribution in [2.45, 2.75) is 18.9 Å². The first-order chi connectivity index (χ1) is 6.66. The number of urea groups is 1. The maximum atomic E-state index is 11.4. The molecule has 0 saturated carbocycles. The molecular weight excluding hydrogens is 184 g/mol. The third-order valence-corrected chi connectivity index (χ3v) is 2.20. The Morgan fingerprint density at radius 3 is 2.93 bits per heavy atom. The summed E-state index contributed by atoms with van der Waals surface area (Å²) in [6.07, 6.45) is 2.85. The Hall–Kier alpha value is -1.52. The number of likely N-dealkylation sites (tertiary alicyclic amines) is 1. The summed E-state index contributed by atoms with van der Waals surface area (Å²) < 4.78 is 0. The summed E-state index contributed by atoms with van der Waals surface area (Å²) in [4.78, 5) is 23.5. The van der Waals surface area contributed by atoms with Gasteiger partial charge in [0.05, 0.1) is 0 Å². The quantitative estimate of drug-likeness (QED) is 0.646. The van der Waals surface area contributed by atoms with Gasteiger partial charge < -0.3 is 15.3 Å². The highest BCUT2D eigenvalue weighted by Gasteiger charge is 2.33. The molecule has 1 saturated heterocycles. The van der Waals surface area contributed by atoms with E-state index in [2.05, 4.69) is 11.9 Å². The van der Waals surface area contributed by atoms with Crippen molar-refractivity contribution in [2.75, 3.05) is 13.1 Å². The van der Waals surface area contributed by atoms with Crippen molar-refractivity contribution < 1.29 is 14.7 Å². The zero-order chi connectivity index (χ0) is 10.6. The molecule has 5 nitrogen and oxygen atoms in total. The fourth-order valence-electron chi connectivity index (χ4n) is 1.53. The summed E-state index contributed by atoms with van der Waals surface area (Å²) in [7, 11) is 0. The smallest absolute Gasteiger partial charge is 0.326 e. The van der Waals surface area contributed by atoms with Crippen molar-refractivity contribution in [1.82, 2.24) is 10.2 Å². The van der Waals surface area contributed by atoms with Crippen LogP contribution in [0.2, 0.25) is 0 Å². The summed E-state index contributed by atoms with van der Waals surface area (Å²) in [6.45, 7) is 4.34. The summed E-state index contributed by atoms with van der Waals surface area (Å²) in [5, 5.41) is 11.4. The van der Waals surface area contributed by atoms with Crippen LogP contribution in [0.3, 0.4) is 0 Å². The molecule has 1 rings (SSSR count). The van der Waals surface area contributed by atoms with Gasteiger partial charge in [-0.2, -0.15) is 0 Å². The van der Waals surface area contributed by atoms with Gasteiger partial charge in [0.1, 0.15) is 6.04 Å². The van der Waals surface area contributed by atoms with E-state index >= 15 is 0 Å². The maximum absolute atomic E-state index is 11.4. The molecule has 0 bridgehead atoms. The topological polar surface area (TPSA) is 69.6 Å². The van der Waals surface area contributed by atoms with E-state index < -0.39 is 12.0 Å². The lowest BCUT2D eigenvalue weighted by Crippen LogP contribution is -2.45. The van der Waals surface area contributed by atoms with Crippen LogP contribution in [0, 0.1) is 0 Å². The Morgan fingerprint density at radius 2 is 2.36 bits per heavy atom. The molecule has 1 aliphatic heterocycles. The Balaban J connectivity index is 2.53. The highest BCUT2D eigenvalue weighted by atomic mass is 16.4. The lowest BCUT2D eigenvalue weighted by Gasteiger charge is -2.21. The zero-order valence-electron chi connectivity index (χ0n) is 7.90. The van der Waals surface area contributed by atoms with Crippen molar-refractivity contribution in [3.8, 4) is 0 Å². The second kappa shape index (κ2) is 4.64. The number of amides is 2. The van der Waals surface area contributed by atoms with Gasteiger partial charge in [0.2, 0.25) is 0 Å². The number of carboxylic acid groups (broad SMARTS) is 1. The minimum Gasteiger partial charge on any atom is -0.480 e. The van der Waals surface area contributed by atoms with Crippen molar-refractivity contribution in [3.05, 3.63) is 12.7 Å². The number of nitrogens with one attached hydrogen (secondary N) is 1. The molecular formula is C9H14N2O3. The summed E-state index contributed by atoms with van der Waals surface area (Å²) in [6, 6.07) is -0.991. The molecule has 0 radical (unpaired) electrons. The van der Waals surface area contributed by atoms with Crippen molar-refractivity contribution in [3.63, 3.8) is 0 Å². The molecule has 1 heterocycles. The SMILES string of the molecule is C=CCNC(=O)N1CCC[C@@H]1C(=O)O. The van der Waals surface area contributed by atoms with Crippen LogP contribution in [0.5, 0.6) is 0 Å². The first-order valence-electron chi connectivity index (χ1n) is 4.55. The highest BCUT2D eigenvalue weighted by molar-refractivity contribution is 5.83. The first kappa shape index (κ1) is 10.6. The Kier molecular flexibility index (Phi) is 3.50. The van der Waals surface area contributed by atoms with Crippen LogP contribution < -0.4 is 5.32 Å². The van der Waals surface area contributed by atoms with Gasteiger partial charge in [-0.3, -0.25) is 0 Å². The average Bonchev–Trinajstić information content (AvgIpc) is 2.62. The minimum absolute atomic E-state index is 0.324.